The fourth-order valence-corrected chi connectivity index (χ4v) is 8.27. The highest BCUT2D eigenvalue weighted by atomic mass is 16.2. The quantitative estimate of drug-likeness (QED) is 0.119. The number of carbonyl (C=O) groups is 2. The van der Waals surface area contributed by atoms with Gasteiger partial charge in [0.1, 0.15) is 34.4 Å². The van der Waals surface area contributed by atoms with Crippen LogP contribution < -0.4 is 10.6 Å². The highest BCUT2D eigenvalue weighted by molar-refractivity contribution is 6.01. The minimum absolute atomic E-state index is 0.0528. The van der Waals surface area contributed by atoms with Crippen LogP contribution in [-0.4, -0.2) is 43.0 Å². The first-order valence-electron chi connectivity index (χ1n) is 20.6. The zero-order chi connectivity index (χ0) is 37.3. The molecule has 2 amide bonds. The lowest BCUT2D eigenvalue weighted by atomic mass is 9.95. The SMILES string of the molecule is CCCCn1c(-c2cccc(-c3nc(-c4ccccc4)c(C(=O)NC4CCCCC4)n3CCCC)c2)nc(-c2ccccc2)c1C(=O)NC1CCCCC1. The number of carbonyl (C=O) groups excluding carboxylic acids is 2. The van der Waals surface area contributed by atoms with E-state index < -0.39 is 0 Å². The van der Waals surface area contributed by atoms with Gasteiger partial charge in [0, 0.05) is 47.4 Å². The Morgan fingerprint density at radius 1 is 0.556 bits per heavy atom. The second-order valence-electron chi connectivity index (χ2n) is 15.2. The van der Waals surface area contributed by atoms with E-state index in [9.17, 15) is 9.59 Å². The predicted molar refractivity (Wildman–Crippen MR) is 218 cm³/mol. The average molecular weight is 725 g/mol. The lowest BCUT2D eigenvalue weighted by molar-refractivity contribution is 0.0910. The van der Waals surface area contributed by atoms with E-state index in [1.165, 1.54) is 12.8 Å². The summed E-state index contributed by atoms with van der Waals surface area (Å²) in [4.78, 5) is 39.3. The summed E-state index contributed by atoms with van der Waals surface area (Å²) < 4.78 is 4.29. The summed E-state index contributed by atoms with van der Waals surface area (Å²) in [6, 6.07) is 28.9. The Morgan fingerprint density at radius 3 is 1.33 bits per heavy atom. The summed E-state index contributed by atoms with van der Waals surface area (Å²) in [7, 11) is 0. The van der Waals surface area contributed by atoms with Crippen molar-refractivity contribution >= 4 is 11.8 Å². The van der Waals surface area contributed by atoms with Gasteiger partial charge in [-0.05, 0) is 44.6 Å². The number of hydrogen-bond acceptors (Lipinski definition) is 4. The van der Waals surface area contributed by atoms with Crippen LogP contribution in [-0.2, 0) is 13.1 Å². The first-order valence-corrected chi connectivity index (χ1v) is 20.6. The van der Waals surface area contributed by atoms with Crippen molar-refractivity contribution in [3.63, 3.8) is 0 Å². The Kier molecular flexibility index (Phi) is 12.4. The van der Waals surface area contributed by atoms with Crippen molar-refractivity contribution in [1.29, 1.82) is 0 Å². The van der Waals surface area contributed by atoms with Crippen molar-refractivity contribution in [2.24, 2.45) is 0 Å². The summed E-state index contributed by atoms with van der Waals surface area (Å²) in [5, 5.41) is 6.81. The smallest absolute Gasteiger partial charge is 0.270 e. The third kappa shape index (κ3) is 8.38. The van der Waals surface area contributed by atoms with Crippen molar-refractivity contribution in [2.75, 3.05) is 0 Å². The van der Waals surface area contributed by atoms with Crippen LogP contribution in [0, 0.1) is 0 Å². The van der Waals surface area contributed by atoms with E-state index in [1.807, 2.05) is 60.7 Å². The maximum atomic E-state index is 14.3. The average Bonchev–Trinajstić information content (AvgIpc) is 3.80. The molecule has 0 spiro atoms. The van der Waals surface area contributed by atoms with E-state index in [-0.39, 0.29) is 23.9 Å². The summed E-state index contributed by atoms with van der Waals surface area (Å²) in [6.07, 6.45) is 14.9. The number of rotatable bonds is 14. The monoisotopic (exact) mass is 724 g/mol. The van der Waals surface area contributed by atoms with E-state index in [2.05, 4.69) is 57.9 Å². The molecule has 8 nitrogen and oxygen atoms in total. The molecule has 2 aromatic heterocycles. The van der Waals surface area contributed by atoms with Gasteiger partial charge in [0.2, 0.25) is 0 Å². The van der Waals surface area contributed by atoms with Gasteiger partial charge in [-0.15, -0.1) is 0 Å². The van der Waals surface area contributed by atoms with Gasteiger partial charge < -0.3 is 19.8 Å². The molecule has 7 rings (SSSR count). The molecule has 2 heterocycles. The van der Waals surface area contributed by atoms with E-state index >= 15 is 0 Å². The minimum atomic E-state index is -0.0528. The third-order valence-corrected chi connectivity index (χ3v) is 11.2. The van der Waals surface area contributed by atoms with Crippen molar-refractivity contribution in [1.82, 2.24) is 29.7 Å². The van der Waals surface area contributed by atoms with Crippen molar-refractivity contribution in [2.45, 2.75) is 129 Å². The number of nitrogens with one attached hydrogen (secondary N) is 2. The van der Waals surface area contributed by atoms with Crippen LogP contribution in [0.2, 0.25) is 0 Å². The Labute approximate surface area is 320 Å². The molecule has 2 N–H and O–H groups in total. The molecule has 282 valence electrons. The van der Waals surface area contributed by atoms with Gasteiger partial charge in [0.25, 0.3) is 11.8 Å². The molecule has 5 aromatic rings. The molecule has 0 aliphatic heterocycles. The first kappa shape index (κ1) is 37.3. The van der Waals surface area contributed by atoms with E-state index in [0.29, 0.717) is 35.9 Å². The molecule has 0 unspecified atom stereocenters. The number of amides is 2. The van der Waals surface area contributed by atoms with Crippen molar-refractivity contribution in [3.05, 3.63) is 96.3 Å². The van der Waals surface area contributed by atoms with Crippen LogP contribution >= 0.6 is 0 Å². The normalized spacial score (nSPS) is 15.3. The molecule has 0 saturated heterocycles. The molecule has 0 atom stereocenters. The van der Waals surface area contributed by atoms with Crippen LogP contribution in [0.3, 0.4) is 0 Å². The molecule has 2 aliphatic rings. The van der Waals surface area contributed by atoms with Crippen LogP contribution in [0.5, 0.6) is 0 Å². The largest absolute Gasteiger partial charge is 0.348 e. The van der Waals surface area contributed by atoms with E-state index in [0.717, 1.165) is 111 Å². The van der Waals surface area contributed by atoms with Gasteiger partial charge in [0.15, 0.2) is 0 Å². The van der Waals surface area contributed by atoms with Crippen LogP contribution in [0.25, 0.3) is 45.3 Å². The van der Waals surface area contributed by atoms with Crippen molar-refractivity contribution < 1.29 is 9.59 Å². The molecule has 8 heteroatoms. The standard InChI is InChI=1S/C46H56N6O2/c1-3-5-30-51-41(45(53)47-37-26-15-9-16-27-37)39(33-20-11-7-12-21-33)49-43(51)35-24-19-25-36(32-35)44-50-40(34-22-13-8-14-23-34)42(52(44)31-6-4-2)46(54)48-38-28-17-10-18-29-38/h7-8,11-14,19-25,32,37-38H,3-6,9-10,15-18,26-31H2,1-2H3,(H,47,53)(H,48,54). The minimum Gasteiger partial charge on any atom is -0.348 e. The molecular formula is C46H56N6O2. The number of aromatic nitrogens is 4. The Balaban J connectivity index is 1.35. The predicted octanol–water partition coefficient (Wildman–Crippen LogP) is 10.5. The molecule has 2 saturated carbocycles. The van der Waals surface area contributed by atoms with Crippen LogP contribution in [0.1, 0.15) is 125 Å². The van der Waals surface area contributed by atoms with Gasteiger partial charge >= 0.3 is 0 Å². The molecule has 0 radical (unpaired) electrons. The van der Waals surface area contributed by atoms with Gasteiger partial charge in [0.05, 0.1) is 0 Å². The highest BCUT2D eigenvalue weighted by Gasteiger charge is 2.29. The zero-order valence-corrected chi connectivity index (χ0v) is 32.2. The fourth-order valence-electron chi connectivity index (χ4n) is 8.27. The fraction of sp³-hybridized carbons (Fsp3) is 0.435. The van der Waals surface area contributed by atoms with E-state index in [1.54, 1.807) is 0 Å². The Hall–Kier alpha value is -4.98. The summed E-state index contributed by atoms with van der Waals surface area (Å²) in [5.41, 5.74) is 6.34. The number of unbranched alkanes of at least 4 members (excludes halogenated alkanes) is 2. The van der Waals surface area contributed by atoms with Crippen molar-refractivity contribution in [3.8, 4) is 45.3 Å². The number of benzene rings is 3. The lowest BCUT2D eigenvalue weighted by Gasteiger charge is -2.23. The molecular weight excluding hydrogens is 669 g/mol. The molecule has 2 fully saturated rings. The van der Waals surface area contributed by atoms with E-state index in [4.69, 9.17) is 9.97 Å². The maximum Gasteiger partial charge on any atom is 0.270 e. The van der Waals surface area contributed by atoms with Gasteiger partial charge in [-0.25, -0.2) is 9.97 Å². The van der Waals surface area contributed by atoms with Gasteiger partial charge in [-0.1, -0.05) is 144 Å². The second-order valence-corrected chi connectivity index (χ2v) is 15.2. The zero-order valence-electron chi connectivity index (χ0n) is 32.2. The molecule has 0 bridgehead atoms. The molecule has 2 aliphatic carbocycles. The highest BCUT2D eigenvalue weighted by Crippen LogP contribution is 2.35. The number of imidazole rings is 2. The Morgan fingerprint density at radius 2 is 0.944 bits per heavy atom. The topological polar surface area (TPSA) is 93.8 Å². The Bertz CT molecular complexity index is 1860. The second kappa shape index (κ2) is 17.9. The van der Waals surface area contributed by atoms with Gasteiger partial charge in [-0.2, -0.15) is 0 Å². The maximum absolute atomic E-state index is 14.3. The van der Waals surface area contributed by atoms with Crippen LogP contribution in [0.15, 0.2) is 84.9 Å². The molecule has 54 heavy (non-hydrogen) atoms. The summed E-state index contributed by atoms with van der Waals surface area (Å²) in [5.74, 6) is 1.43. The lowest BCUT2D eigenvalue weighted by Crippen LogP contribution is -2.37. The summed E-state index contributed by atoms with van der Waals surface area (Å²) in [6.45, 7) is 5.72. The molecule has 3 aromatic carbocycles. The number of hydrogen-bond donors (Lipinski definition) is 2. The van der Waals surface area contributed by atoms with Gasteiger partial charge in [-0.3, -0.25) is 9.59 Å². The number of nitrogens with zero attached hydrogens (tertiary/aromatic N) is 4. The third-order valence-electron chi connectivity index (χ3n) is 11.2. The summed E-state index contributed by atoms with van der Waals surface area (Å²) >= 11 is 0. The first-order chi connectivity index (χ1) is 26.6. The van der Waals surface area contributed by atoms with Crippen LogP contribution in [0.4, 0.5) is 0 Å².